The van der Waals surface area contributed by atoms with Gasteiger partial charge >= 0.3 is 0 Å². The van der Waals surface area contributed by atoms with Crippen LogP contribution in [0.4, 0.5) is 0 Å². The molecule has 3 nitrogen and oxygen atoms in total. The van der Waals surface area contributed by atoms with Gasteiger partial charge in [-0.05, 0) is 46.4 Å². The molecule has 2 aliphatic rings. The predicted octanol–water partition coefficient (Wildman–Crippen LogP) is 6.31. The molecule has 3 atom stereocenters. The average molecular weight is 469 g/mol. The van der Waals surface area contributed by atoms with Crippen molar-refractivity contribution >= 4 is 17.2 Å². The number of piperazine rings is 1. The van der Waals surface area contributed by atoms with Crippen molar-refractivity contribution in [2.75, 3.05) is 19.6 Å². The zero-order valence-corrected chi connectivity index (χ0v) is 20.5. The Morgan fingerprint density at radius 2 is 1.76 bits per heavy atom. The first-order chi connectivity index (χ1) is 16.7. The van der Waals surface area contributed by atoms with E-state index in [1.54, 1.807) is 11.3 Å². The molecule has 1 aromatic heterocycles. The Morgan fingerprint density at radius 3 is 2.56 bits per heavy atom. The van der Waals surface area contributed by atoms with Crippen molar-refractivity contribution in [3.05, 3.63) is 106 Å². The topological polar surface area (TPSA) is 32.3 Å². The molecule has 0 spiro atoms. The number of carbonyl (C=O) groups is 1. The average Bonchev–Trinajstić information content (AvgIpc) is 3.20. The van der Waals surface area contributed by atoms with Gasteiger partial charge in [-0.1, -0.05) is 91.9 Å². The van der Waals surface area contributed by atoms with Crippen molar-refractivity contribution in [2.24, 2.45) is 5.92 Å². The van der Waals surface area contributed by atoms with Crippen molar-refractivity contribution in [3.8, 4) is 11.1 Å². The number of hydrogen-bond acceptors (Lipinski definition) is 3. The maximum Gasteiger partial charge on any atom is 0.264 e. The quantitative estimate of drug-likeness (QED) is 0.445. The number of nitrogens with one attached hydrogen (secondary N) is 1. The summed E-state index contributed by atoms with van der Waals surface area (Å²) < 4.78 is 0. The van der Waals surface area contributed by atoms with Crippen molar-refractivity contribution in [3.63, 3.8) is 0 Å². The van der Waals surface area contributed by atoms with E-state index < -0.39 is 0 Å². The molecular weight excluding hydrogens is 436 g/mol. The number of allylic oxidation sites excluding steroid dienone is 4. The second kappa shape index (κ2) is 10.5. The maximum atomic E-state index is 14.2. The third-order valence-corrected chi connectivity index (χ3v) is 7.97. The second-order valence-corrected chi connectivity index (χ2v) is 10.2. The highest BCUT2D eigenvalue weighted by Gasteiger charge is 2.33. The van der Waals surface area contributed by atoms with Crippen LogP contribution in [0.5, 0.6) is 0 Å². The van der Waals surface area contributed by atoms with Crippen LogP contribution in [0, 0.1) is 5.92 Å². The summed E-state index contributed by atoms with van der Waals surface area (Å²) >= 11 is 1.61. The fraction of sp³-hybridized carbons (Fsp3) is 0.300. The van der Waals surface area contributed by atoms with Crippen LogP contribution in [0.15, 0.2) is 90.3 Å². The van der Waals surface area contributed by atoms with Gasteiger partial charge in [0.2, 0.25) is 0 Å². The molecule has 0 bridgehead atoms. The molecule has 2 aromatic carbocycles. The van der Waals surface area contributed by atoms with Gasteiger partial charge in [0.25, 0.3) is 5.91 Å². The standard InChI is InChI=1S/C30H32N2OS/c1-22-11-5-2-10-16-26(22)28-27(24-14-8-4-9-15-24)21-34-29(28)30(33)32-18-17-31-20-25(32)19-23-12-6-3-7-13-23/h3-16,21-22,25-26,31H,2,17-20H2,1H3/t22?,25-,26?/m1/s1. The van der Waals surface area contributed by atoms with E-state index in [2.05, 4.69) is 95.4 Å². The van der Waals surface area contributed by atoms with Gasteiger partial charge in [-0.15, -0.1) is 11.3 Å². The van der Waals surface area contributed by atoms with E-state index in [-0.39, 0.29) is 17.9 Å². The number of carbonyl (C=O) groups excluding carboxylic acids is 1. The highest BCUT2D eigenvalue weighted by molar-refractivity contribution is 7.12. The highest BCUT2D eigenvalue weighted by atomic mass is 32.1. The van der Waals surface area contributed by atoms with E-state index in [0.29, 0.717) is 5.92 Å². The van der Waals surface area contributed by atoms with Gasteiger partial charge < -0.3 is 10.2 Å². The predicted molar refractivity (Wildman–Crippen MR) is 142 cm³/mol. The number of amides is 1. The normalized spacial score (nSPS) is 22.5. The minimum absolute atomic E-state index is 0.153. The van der Waals surface area contributed by atoms with Gasteiger partial charge in [0.05, 0.1) is 4.88 Å². The summed E-state index contributed by atoms with van der Waals surface area (Å²) in [6.45, 7) is 4.67. The Kier molecular flexibility index (Phi) is 7.08. The zero-order chi connectivity index (χ0) is 23.3. The van der Waals surface area contributed by atoms with E-state index in [9.17, 15) is 4.79 Å². The molecule has 4 heteroatoms. The molecule has 1 amide bonds. The molecule has 2 unspecified atom stereocenters. The summed E-state index contributed by atoms with van der Waals surface area (Å²) in [4.78, 5) is 17.2. The van der Waals surface area contributed by atoms with Crippen molar-refractivity contribution < 1.29 is 4.79 Å². The maximum absolute atomic E-state index is 14.2. The molecule has 3 aromatic rings. The lowest BCUT2D eigenvalue weighted by atomic mass is 9.83. The Bertz CT molecular complexity index is 1170. The Morgan fingerprint density at radius 1 is 1.03 bits per heavy atom. The van der Waals surface area contributed by atoms with Crippen LogP contribution >= 0.6 is 11.3 Å². The number of thiophene rings is 1. The molecule has 1 aliphatic carbocycles. The minimum Gasteiger partial charge on any atom is -0.332 e. The Balaban J connectivity index is 1.54. The zero-order valence-electron chi connectivity index (χ0n) is 19.7. The molecule has 1 fully saturated rings. The molecule has 1 aliphatic heterocycles. The van der Waals surface area contributed by atoms with Crippen LogP contribution in [-0.2, 0) is 6.42 Å². The monoisotopic (exact) mass is 468 g/mol. The first kappa shape index (κ1) is 22.8. The molecule has 5 rings (SSSR count). The summed E-state index contributed by atoms with van der Waals surface area (Å²) in [5.74, 6) is 0.707. The van der Waals surface area contributed by atoms with Crippen molar-refractivity contribution in [1.82, 2.24) is 10.2 Å². The molecule has 1 N–H and O–H groups in total. The Labute approximate surface area is 206 Å². The van der Waals surface area contributed by atoms with Gasteiger partial charge in [0, 0.05) is 31.6 Å². The smallest absolute Gasteiger partial charge is 0.264 e. The fourth-order valence-corrected chi connectivity index (χ4v) is 6.27. The van der Waals surface area contributed by atoms with Crippen LogP contribution < -0.4 is 5.32 Å². The molecular formula is C30H32N2OS. The van der Waals surface area contributed by atoms with Gasteiger partial charge in [-0.3, -0.25) is 4.79 Å². The first-order valence-corrected chi connectivity index (χ1v) is 13.2. The SMILES string of the molecule is CC1C=CCC=CC1c1c(-c2ccccc2)csc1C(=O)N1CCNC[C@H]1Cc1ccccc1. The molecule has 1 saturated heterocycles. The Hall–Kier alpha value is -2.95. The summed E-state index contributed by atoms with van der Waals surface area (Å²) in [5, 5.41) is 5.70. The van der Waals surface area contributed by atoms with Gasteiger partial charge in [0.1, 0.15) is 0 Å². The van der Waals surface area contributed by atoms with Gasteiger partial charge in [0.15, 0.2) is 0 Å². The summed E-state index contributed by atoms with van der Waals surface area (Å²) in [5.41, 5.74) is 4.84. The van der Waals surface area contributed by atoms with E-state index >= 15 is 0 Å². The fourth-order valence-electron chi connectivity index (χ4n) is 5.18. The number of benzene rings is 2. The van der Waals surface area contributed by atoms with E-state index in [0.717, 1.165) is 37.4 Å². The summed E-state index contributed by atoms with van der Waals surface area (Å²) in [6, 6.07) is 21.2. The molecule has 34 heavy (non-hydrogen) atoms. The number of rotatable bonds is 5. The summed E-state index contributed by atoms with van der Waals surface area (Å²) in [6.07, 6.45) is 10.9. The third-order valence-electron chi connectivity index (χ3n) is 6.99. The largest absolute Gasteiger partial charge is 0.332 e. The molecule has 0 radical (unpaired) electrons. The van der Waals surface area contributed by atoms with Gasteiger partial charge in [-0.25, -0.2) is 0 Å². The van der Waals surface area contributed by atoms with Crippen molar-refractivity contribution in [2.45, 2.75) is 31.7 Å². The first-order valence-electron chi connectivity index (χ1n) is 12.3. The second-order valence-electron chi connectivity index (χ2n) is 9.28. The van der Waals surface area contributed by atoms with Crippen LogP contribution in [0.2, 0.25) is 0 Å². The van der Waals surface area contributed by atoms with Crippen LogP contribution in [0.1, 0.15) is 40.1 Å². The van der Waals surface area contributed by atoms with E-state index in [1.165, 1.54) is 22.3 Å². The van der Waals surface area contributed by atoms with E-state index in [4.69, 9.17) is 0 Å². The lowest BCUT2D eigenvalue weighted by Crippen LogP contribution is -2.54. The van der Waals surface area contributed by atoms with Gasteiger partial charge in [-0.2, -0.15) is 0 Å². The van der Waals surface area contributed by atoms with Crippen LogP contribution in [0.3, 0.4) is 0 Å². The third kappa shape index (κ3) is 4.79. The van der Waals surface area contributed by atoms with Crippen LogP contribution in [-0.4, -0.2) is 36.5 Å². The highest BCUT2D eigenvalue weighted by Crippen LogP contribution is 2.42. The molecule has 0 saturated carbocycles. The minimum atomic E-state index is 0.153. The van der Waals surface area contributed by atoms with Crippen molar-refractivity contribution in [1.29, 1.82) is 0 Å². The van der Waals surface area contributed by atoms with Crippen LogP contribution in [0.25, 0.3) is 11.1 Å². The number of hydrogen-bond donors (Lipinski definition) is 1. The lowest BCUT2D eigenvalue weighted by Gasteiger charge is -2.36. The number of nitrogens with zero attached hydrogens (tertiary/aromatic N) is 1. The molecule has 174 valence electrons. The summed E-state index contributed by atoms with van der Waals surface area (Å²) in [7, 11) is 0. The van der Waals surface area contributed by atoms with E-state index in [1.807, 2.05) is 12.1 Å². The lowest BCUT2D eigenvalue weighted by molar-refractivity contribution is 0.0639. The molecule has 2 heterocycles.